The monoisotopic (exact) mass is 299 g/mol. The van der Waals surface area contributed by atoms with Gasteiger partial charge in [0.05, 0.1) is 11.4 Å². The summed E-state index contributed by atoms with van der Waals surface area (Å²) < 4.78 is 24.4. The van der Waals surface area contributed by atoms with Crippen molar-refractivity contribution in [3.8, 4) is 6.07 Å². The Morgan fingerprint density at radius 1 is 1.58 bits per heavy atom. The number of hydrogen-bond donors (Lipinski definition) is 1. The summed E-state index contributed by atoms with van der Waals surface area (Å²) in [6, 6.07) is 1.99. The van der Waals surface area contributed by atoms with E-state index in [0.717, 1.165) is 19.5 Å². The van der Waals surface area contributed by atoms with Crippen LogP contribution >= 0.6 is 11.3 Å². The Morgan fingerprint density at radius 3 is 2.74 bits per heavy atom. The predicted molar refractivity (Wildman–Crippen MR) is 77.2 cm³/mol. The lowest BCUT2D eigenvalue weighted by atomic mass is 10.2. The lowest BCUT2D eigenvalue weighted by Crippen LogP contribution is -2.20. The van der Waals surface area contributed by atoms with Crippen molar-refractivity contribution in [3.05, 3.63) is 4.88 Å². The largest absolute Gasteiger partial charge is 0.396 e. The fourth-order valence-corrected chi connectivity index (χ4v) is 4.91. The Morgan fingerprint density at radius 2 is 2.26 bits per heavy atom. The first kappa shape index (κ1) is 14.2. The lowest BCUT2D eigenvalue weighted by Gasteiger charge is -2.18. The van der Waals surface area contributed by atoms with Crippen LogP contribution in [0.4, 0.5) is 10.7 Å². The molecule has 1 atom stereocenters. The van der Waals surface area contributed by atoms with Crippen molar-refractivity contribution in [1.29, 1.82) is 5.26 Å². The maximum absolute atomic E-state index is 12.2. The highest BCUT2D eigenvalue weighted by Gasteiger charge is 2.31. The van der Waals surface area contributed by atoms with Crippen LogP contribution in [-0.4, -0.2) is 27.3 Å². The van der Waals surface area contributed by atoms with Crippen LogP contribution in [0, 0.1) is 17.2 Å². The van der Waals surface area contributed by atoms with Gasteiger partial charge in [-0.05, 0) is 12.3 Å². The van der Waals surface area contributed by atoms with Crippen LogP contribution in [0.1, 0.15) is 25.1 Å². The van der Waals surface area contributed by atoms with E-state index in [-0.39, 0.29) is 16.3 Å². The molecule has 2 heterocycles. The highest BCUT2D eigenvalue weighted by molar-refractivity contribution is 7.91. The predicted octanol–water partition coefficient (Wildman–Crippen LogP) is 1.84. The number of nitriles is 1. The second-order valence-corrected chi connectivity index (χ2v) is 8.05. The number of nitrogens with two attached hydrogens (primary N) is 1. The van der Waals surface area contributed by atoms with Gasteiger partial charge in [-0.2, -0.15) is 5.26 Å². The van der Waals surface area contributed by atoms with E-state index >= 15 is 0 Å². The van der Waals surface area contributed by atoms with Crippen molar-refractivity contribution in [2.24, 2.45) is 5.92 Å². The van der Waals surface area contributed by atoms with Gasteiger partial charge in [-0.25, -0.2) is 8.42 Å². The summed E-state index contributed by atoms with van der Waals surface area (Å²) in [5, 5.41) is 9.70. The molecule has 1 saturated heterocycles. The molecule has 7 heteroatoms. The molecule has 0 aromatic carbocycles. The summed E-state index contributed by atoms with van der Waals surface area (Å²) in [4.78, 5) is 2.49. The van der Waals surface area contributed by atoms with Crippen molar-refractivity contribution >= 4 is 31.9 Å². The molecule has 104 valence electrons. The van der Waals surface area contributed by atoms with Gasteiger partial charge in [-0.3, -0.25) is 0 Å². The van der Waals surface area contributed by atoms with Crippen LogP contribution < -0.4 is 10.6 Å². The molecule has 0 bridgehead atoms. The van der Waals surface area contributed by atoms with Gasteiger partial charge in [-0.15, -0.1) is 11.3 Å². The Labute approximate surface area is 117 Å². The SMILES string of the molecule is CCS(=O)(=O)c1c(N2CCC(C)C2)sc(C#N)c1N. The Bertz CT molecular complexity index is 628. The molecule has 2 N–H and O–H groups in total. The van der Waals surface area contributed by atoms with Gasteiger partial charge < -0.3 is 10.6 Å². The van der Waals surface area contributed by atoms with Crippen LogP contribution in [0.5, 0.6) is 0 Å². The summed E-state index contributed by atoms with van der Waals surface area (Å²) in [5.74, 6) is 0.529. The molecule has 1 fully saturated rings. The number of anilines is 2. The smallest absolute Gasteiger partial charge is 0.183 e. The minimum absolute atomic E-state index is 0.00477. The molecule has 0 spiro atoms. The Balaban J connectivity index is 2.58. The molecule has 5 nitrogen and oxygen atoms in total. The molecule has 0 radical (unpaired) electrons. The maximum atomic E-state index is 12.2. The van der Waals surface area contributed by atoms with Crippen LogP contribution in [-0.2, 0) is 9.84 Å². The number of rotatable bonds is 3. The molecular weight excluding hydrogens is 282 g/mol. The van der Waals surface area contributed by atoms with Gasteiger partial charge >= 0.3 is 0 Å². The van der Waals surface area contributed by atoms with E-state index in [4.69, 9.17) is 11.0 Å². The Kier molecular flexibility index (Phi) is 3.74. The number of hydrogen-bond acceptors (Lipinski definition) is 6. The number of sulfone groups is 1. The van der Waals surface area contributed by atoms with E-state index in [1.807, 2.05) is 11.0 Å². The van der Waals surface area contributed by atoms with E-state index in [0.29, 0.717) is 15.8 Å². The third-order valence-electron chi connectivity index (χ3n) is 3.39. The lowest BCUT2D eigenvalue weighted by molar-refractivity contribution is 0.597. The summed E-state index contributed by atoms with van der Waals surface area (Å²) in [6.07, 6.45) is 1.03. The quantitative estimate of drug-likeness (QED) is 0.920. The zero-order chi connectivity index (χ0) is 14.2. The molecule has 1 aromatic heterocycles. The molecule has 1 unspecified atom stereocenters. The minimum atomic E-state index is -3.41. The first-order chi connectivity index (χ1) is 8.90. The molecular formula is C12H17N3O2S2. The van der Waals surface area contributed by atoms with E-state index in [2.05, 4.69) is 6.92 Å². The number of nitrogen functional groups attached to an aromatic ring is 1. The highest BCUT2D eigenvalue weighted by Crippen LogP contribution is 2.43. The van der Waals surface area contributed by atoms with E-state index in [9.17, 15) is 8.42 Å². The number of thiophene rings is 1. The average molecular weight is 299 g/mol. The summed E-state index contributed by atoms with van der Waals surface area (Å²) in [6.45, 7) is 5.36. The molecule has 0 aliphatic carbocycles. The first-order valence-electron chi connectivity index (χ1n) is 6.20. The zero-order valence-electron chi connectivity index (χ0n) is 11.0. The standard InChI is InChI=1S/C12H17N3O2S2/c1-3-19(16,17)11-10(14)9(6-13)18-12(11)15-5-4-8(2)7-15/h8H,3-5,7,14H2,1-2H3. The van der Waals surface area contributed by atoms with Gasteiger partial charge in [0.25, 0.3) is 0 Å². The molecule has 0 saturated carbocycles. The second-order valence-electron chi connectivity index (χ2n) is 4.83. The minimum Gasteiger partial charge on any atom is -0.396 e. The molecule has 19 heavy (non-hydrogen) atoms. The van der Waals surface area contributed by atoms with Gasteiger partial charge in [-0.1, -0.05) is 13.8 Å². The fourth-order valence-electron chi connectivity index (χ4n) is 2.27. The van der Waals surface area contributed by atoms with Crippen molar-refractivity contribution in [2.45, 2.75) is 25.2 Å². The van der Waals surface area contributed by atoms with Crippen molar-refractivity contribution in [2.75, 3.05) is 29.5 Å². The molecule has 1 aliphatic rings. The summed E-state index contributed by atoms with van der Waals surface area (Å²) >= 11 is 1.19. The summed E-state index contributed by atoms with van der Waals surface area (Å²) in [7, 11) is -3.41. The van der Waals surface area contributed by atoms with Gasteiger partial charge in [0.2, 0.25) is 0 Å². The van der Waals surface area contributed by atoms with Gasteiger partial charge in [0.1, 0.15) is 20.8 Å². The van der Waals surface area contributed by atoms with Crippen LogP contribution in [0.3, 0.4) is 0 Å². The Hall–Kier alpha value is -1.26. The van der Waals surface area contributed by atoms with Gasteiger partial charge in [0, 0.05) is 13.1 Å². The molecule has 0 amide bonds. The van der Waals surface area contributed by atoms with Crippen LogP contribution in [0.25, 0.3) is 0 Å². The van der Waals surface area contributed by atoms with Crippen molar-refractivity contribution < 1.29 is 8.42 Å². The fraction of sp³-hybridized carbons (Fsp3) is 0.583. The van der Waals surface area contributed by atoms with E-state index in [1.54, 1.807) is 6.92 Å². The third-order valence-corrected chi connectivity index (χ3v) is 6.48. The molecule has 1 aliphatic heterocycles. The van der Waals surface area contributed by atoms with Crippen LogP contribution in [0.2, 0.25) is 0 Å². The average Bonchev–Trinajstić information content (AvgIpc) is 2.93. The second kappa shape index (κ2) is 5.02. The van der Waals surface area contributed by atoms with Crippen LogP contribution in [0.15, 0.2) is 4.90 Å². The van der Waals surface area contributed by atoms with Crippen molar-refractivity contribution in [1.82, 2.24) is 0 Å². The highest BCUT2D eigenvalue weighted by atomic mass is 32.2. The molecule has 1 aromatic rings. The van der Waals surface area contributed by atoms with E-state index < -0.39 is 9.84 Å². The third kappa shape index (κ3) is 2.42. The normalized spacial score (nSPS) is 19.6. The maximum Gasteiger partial charge on any atom is 0.183 e. The zero-order valence-corrected chi connectivity index (χ0v) is 12.6. The van der Waals surface area contributed by atoms with Crippen molar-refractivity contribution in [3.63, 3.8) is 0 Å². The first-order valence-corrected chi connectivity index (χ1v) is 8.67. The number of nitrogens with zero attached hydrogens (tertiary/aromatic N) is 2. The summed E-state index contributed by atoms with van der Waals surface area (Å²) in [5.41, 5.74) is 5.98. The topological polar surface area (TPSA) is 87.2 Å². The van der Waals surface area contributed by atoms with E-state index in [1.165, 1.54) is 11.3 Å². The molecule has 2 rings (SSSR count). The van der Waals surface area contributed by atoms with Gasteiger partial charge in [0.15, 0.2) is 9.84 Å².